The lowest BCUT2D eigenvalue weighted by Crippen LogP contribution is -2.09. The third kappa shape index (κ3) is 4.02. The molecule has 0 aliphatic rings. The van der Waals surface area contributed by atoms with Gasteiger partial charge in [-0.2, -0.15) is 18.2 Å². The van der Waals surface area contributed by atoms with Gasteiger partial charge in [0.1, 0.15) is 5.15 Å². The van der Waals surface area contributed by atoms with E-state index in [0.29, 0.717) is 5.15 Å². The molecule has 0 amide bonds. The van der Waals surface area contributed by atoms with Crippen LogP contribution in [0.4, 0.5) is 19.1 Å². The van der Waals surface area contributed by atoms with E-state index in [2.05, 4.69) is 34.9 Å². The number of anilines is 1. The molecule has 0 saturated heterocycles. The summed E-state index contributed by atoms with van der Waals surface area (Å²) >= 11 is 5.74. The van der Waals surface area contributed by atoms with Crippen LogP contribution in [0.3, 0.4) is 0 Å². The summed E-state index contributed by atoms with van der Waals surface area (Å²) in [4.78, 5) is 15.3. The maximum atomic E-state index is 12.5. The highest BCUT2D eigenvalue weighted by Crippen LogP contribution is 2.29. The molecule has 130 valence electrons. The fraction of sp³-hybridized carbons (Fsp3) is 0.214. The quantitative estimate of drug-likeness (QED) is 0.699. The van der Waals surface area contributed by atoms with Crippen LogP contribution < -0.4 is 5.32 Å². The van der Waals surface area contributed by atoms with Crippen LogP contribution in [0.5, 0.6) is 0 Å². The average Bonchev–Trinajstić information content (AvgIpc) is 3.06. The molecule has 3 heterocycles. The van der Waals surface area contributed by atoms with Crippen LogP contribution >= 0.6 is 11.6 Å². The number of alkyl halides is 3. The van der Waals surface area contributed by atoms with Crippen molar-refractivity contribution in [3.63, 3.8) is 0 Å². The van der Waals surface area contributed by atoms with Gasteiger partial charge in [-0.3, -0.25) is 0 Å². The van der Waals surface area contributed by atoms with Gasteiger partial charge in [0.05, 0.1) is 11.6 Å². The molecule has 0 aliphatic carbocycles. The Morgan fingerprint density at radius 3 is 2.40 bits per heavy atom. The zero-order valence-corrected chi connectivity index (χ0v) is 13.4. The minimum absolute atomic E-state index is 0.155. The SMILES string of the molecule is CC(Nc1ncc(-c2noc(C(F)(F)F)n2)cn1)c1ccc(Cl)nc1. The molecule has 0 aromatic carbocycles. The Balaban J connectivity index is 1.72. The molecule has 0 saturated carbocycles. The smallest absolute Gasteiger partial charge is 0.348 e. The molecule has 1 atom stereocenters. The van der Waals surface area contributed by atoms with E-state index in [1.807, 2.05) is 6.92 Å². The van der Waals surface area contributed by atoms with E-state index in [9.17, 15) is 13.2 Å². The van der Waals surface area contributed by atoms with Gasteiger partial charge in [-0.05, 0) is 18.6 Å². The number of hydrogen-bond donors (Lipinski definition) is 1. The van der Waals surface area contributed by atoms with Crippen molar-refractivity contribution < 1.29 is 17.7 Å². The molecule has 3 aromatic rings. The van der Waals surface area contributed by atoms with Gasteiger partial charge in [0.2, 0.25) is 11.8 Å². The molecular formula is C14H10ClF3N6O. The number of rotatable bonds is 4. The fourth-order valence-electron chi connectivity index (χ4n) is 1.89. The Bertz CT molecular complexity index is 850. The standard InChI is InChI=1S/C14H10ClF3N6O/c1-7(8-2-3-10(15)19-4-8)22-13-20-5-9(6-21-13)11-23-12(25-24-11)14(16,17)18/h2-7H,1H3,(H,20,21,22). The number of nitrogens with one attached hydrogen (secondary N) is 1. The van der Waals surface area contributed by atoms with Crippen LogP contribution in [-0.4, -0.2) is 25.1 Å². The summed E-state index contributed by atoms with van der Waals surface area (Å²) in [5.74, 6) is -1.38. The van der Waals surface area contributed by atoms with Crippen LogP contribution in [-0.2, 0) is 6.18 Å². The topological polar surface area (TPSA) is 89.6 Å². The first kappa shape index (κ1) is 17.1. The van der Waals surface area contributed by atoms with E-state index in [0.717, 1.165) is 5.56 Å². The molecule has 11 heteroatoms. The maximum absolute atomic E-state index is 12.5. The molecule has 1 N–H and O–H groups in total. The van der Waals surface area contributed by atoms with Crippen molar-refractivity contribution in [2.24, 2.45) is 0 Å². The Morgan fingerprint density at radius 1 is 1.12 bits per heavy atom. The first-order chi connectivity index (χ1) is 11.8. The molecule has 0 spiro atoms. The van der Waals surface area contributed by atoms with E-state index >= 15 is 0 Å². The molecular weight excluding hydrogens is 361 g/mol. The summed E-state index contributed by atoms with van der Waals surface area (Å²) in [5, 5.41) is 6.69. The van der Waals surface area contributed by atoms with Gasteiger partial charge < -0.3 is 9.84 Å². The Labute approximate surface area is 144 Å². The highest BCUT2D eigenvalue weighted by atomic mass is 35.5. The van der Waals surface area contributed by atoms with Gasteiger partial charge in [-0.25, -0.2) is 15.0 Å². The van der Waals surface area contributed by atoms with E-state index in [1.165, 1.54) is 12.4 Å². The number of hydrogen-bond acceptors (Lipinski definition) is 7. The van der Waals surface area contributed by atoms with Crippen molar-refractivity contribution >= 4 is 17.5 Å². The third-order valence-electron chi connectivity index (χ3n) is 3.17. The third-order valence-corrected chi connectivity index (χ3v) is 3.40. The molecule has 7 nitrogen and oxygen atoms in total. The molecule has 0 fully saturated rings. The molecule has 0 aliphatic heterocycles. The highest BCUT2D eigenvalue weighted by molar-refractivity contribution is 6.29. The Hall–Kier alpha value is -2.75. The van der Waals surface area contributed by atoms with Crippen molar-refractivity contribution in [1.82, 2.24) is 25.1 Å². The summed E-state index contributed by atoms with van der Waals surface area (Å²) < 4.78 is 41.6. The van der Waals surface area contributed by atoms with Gasteiger partial charge in [0, 0.05) is 18.6 Å². The molecule has 25 heavy (non-hydrogen) atoms. The van der Waals surface area contributed by atoms with E-state index in [4.69, 9.17) is 11.6 Å². The van der Waals surface area contributed by atoms with E-state index < -0.39 is 12.1 Å². The lowest BCUT2D eigenvalue weighted by atomic mass is 10.1. The van der Waals surface area contributed by atoms with Gasteiger partial charge in [0.15, 0.2) is 0 Å². The van der Waals surface area contributed by atoms with Gasteiger partial charge >= 0.3 is 12.1 Å². The monoisotopic (exact) mass is 370 g/mol. The maximum Gasteiger partial charge on any atom is 0.471 e. The van der Waals surface area contributed by atoms with Crippen LogP contribution in [0, 0.1) is 0 Å². The largest absolute Gasteiger partial charge is 0.471 e. The van der Waals surface area contributed by atoms with Gasteiger partial charge in [-0.1, -0.05) is 22.8 Å². The lowest BCUT2D eigenvalue weighted by Gasteiger charge is -2.13. The molecule has 3 aromatic heterocycles. The fourth-order valence-corrected chi connectivity index (χ4v) is 2.01. The Kier molecular flexibility index (Phi) is 4.53. The second kappa shape index (κ2) is 6.63. The second-order valence-electron chi connectivity index (χ2n) is 5.00. The number of aromatic nitrogens is 5. The summed E-state index contributed by atoms with van der Waals surface area (Å²) in [6.07, 6.45) is -0.484. The summed E-state index contributed by atoms with van der Waals surface area (Å²) in [6, 6.07) is 3.31. The zero-order valence-electron chi connectivity index (χ0n) is 12.6. The summed E-state index contributed by atoms with van der Waals surface area (Å²) in [5.41, 5.74) is 1.07. The van der Waals surface area contributed by atoms with Crippen LogP contribution in [0.15, 0.2) is 35.2 Å². The minimum atomic E-state index is -4.70. The normalized spacial score (nSPS) is 12.8. The lowest BCUT2D eigenvalue weighted by molar-refractivity contribution is -0.159. The second-order valence-corrected chi connectivity index (χ2v) is 5.38. The molecule has 0 bridgehead atoms. The predicted molar refractivity (Wildman–Crippen MR) is 81.6 cm³/mol. The number of pyridine rings is 1. The first-order valence-corrected chi connectivity index (χ1v) is 7.32. The summed E-state index contributed by atoms with van der Waals surface area (Å²) in [7, 11) is 0. The average molecular weight is 371 g/mol. The van der Waals surface area contributed by atoms with Crippen molar-refractivity contribution in [2.75, 3.05) is 5.32 Å². The highest BCUT2D eigenvalue weighted by Gasteiger charge is 2.38. The molecule has 1 unspecified atom stereocenters. The zero-order chi connectivity index (χ0) is 18.0. The summed E-state index contributed by atoms with van der Waals surface area (Å²) in [6.45, 7) is 1.87. The van der Waals surface area contributed by atoms with Crippen molar-refractivity contribution in [3.05, 3.63) is 47.3 Å². The van der Waals surface area contributed by atoms with Crippen molar-refractivity contribution in [3.8, 4) is 11.4 Å². The Morgan fingerprint density at radius 2 is 1.84 bits per heavy atom. The van der Waals surface area contributed by atoms with Gasteiger partial charge in [0.25, 0.3) is 0 Å². The van der Waals surface area contributed by atoms with Crippen LogP contribution in [0.25, 0.3) is 11.4 Å². The van der Waals surface area contributed by atoms with E-state index in [1.54, 1.807) is 18.3 Å². The van der Waals surface area contributed by atoms with Gasteiger partial charge in [-0.15, -0.1) is 0 Å². The first-order valence-electron chi connectivity index (χ1n) is 6.94. The number of nitrogens with zero attached hydrogens (tertiary/aromatic N) is 5. The number of halogens is 4. The van der Waals surface area contributed by atoms with Crippen LogP contribution in [0.2, 0.25) is 5.15 Å². The predicted octanol–water partition coefficient (Wildman–Crippen LogP) is 3.77. The molecule has 0 radical (unpaired) electrons. The molecule has 3 rings (SSSR count). The van der Waals surface area contributed by atoms with E-state index in [-0.39, 0.29) is 23.4 Å². The minimum Gasteiger partial charge on any atom is -0.348 e. The van der Waals surface area contributed by atoms with Crippen molar-refractivity contribution in [2.45, 2.75) is 19.1 Å². The van der Waals surface area contributed by atoms with Crippen molar-refractivity contribution in [1.29, 1.82) is 0 Å². The van der Waals surface area contributed by atoms with Crippen LogP contribution in [0.1, 0.15) is 24.4 Å².